The van der Waals surface area contributed by atoms with E-state index in [1.165, 1.54) is 0 Å². The van der Waals surface area contributed by atoms with Crippen molar-refractivity contribution < 1.29 is 33.4 Å². The lowest BCUT2D eigenvalue weighted by Crippen LogP contribution is -2.40. The van der Waals surface area contributed by atoms with Crippen molar-refractivity contribution in [2.24, 2.45) is 0 Å². The SMILES string of the molecule is CCCCCCOC(=O)ON(C(=O)OCC)C(=O)OCCCCCC. The van der Waals surface area contributed by atoms with Crippen LogP contribution in [-0.2, 0) is 19.0 Å². The molecule has 0 fully saturated rings. The molecule has 2 amide bonds. The van der Waals surface area contributed by atoms with E-state index in [1.807, 2.05) is 0 Å². The highest BCUT2D eigenvalue weighted by atomic mass is 16.9. The second-order valence-electron chi connectivity index (χ2n) is 5.42. The molecule has 8 heteroatoms. The minimum atomic E-state index is -1.15. The molecule has 8 nitrogen and oxygen atoms in total. The minimum absolute atomic E-state index is 0.0224. The van der Waals surface area contributed by atoms with Gasteiger partial charge in [0.15, 0.2) is 0 Å². The fraction of sp³-hybridized carbons (Fsp3) is 0.824. The van der Waals surface area contributed by atoms with E-state index in [1.54, 1.807) is 6.92 Å². The predicted molar refractivity (Wildman–Crippen MR) is 90.9 cm³/mol. The van der Waals surface area contributed by atoms with E-state index in [2.05, 4.69) is 23.4 Å². The molecule has 25 heavy (non-hydrogen) atoms. The molecule has 146 valence electrons. The summed E-state index contributed by atoms with van der Waals surface area (Å²) in [5, 5.41) is 0.150. The van der Waals surface area contributed by atoms with Gasteiger partial charge in [-0.3, -0.25) is 4.84 Å². The van der Waals surface area contributed by atoms with Crippen molar-refractivity contribution in [3.8, 4) is 0 Å². The summed E-state index contributed by atoms with van der Waals surface area (Å²) >= 11 is 0. The first-order valence-corrected chi connectivity index (χ1v) is 9.05. The van der Waals surface area contributed by atoms with Crippen LogP contribution in [0.2, 0.25) is 0 Å². The molecule has 0 atom stereocenters. The predicted octanol–water partition coefficient (Wildman–Crippen LogP) is 4.81. The largest absolute Gasteiger partial charge is 0.534 e. The molecule has 0 rings (SSSR count). The number of imide groups is 1. The Morgan fingerprint density at radius 1 is 0.680 bits per heavy atom. The first-order valence-electron chi connectivity index (χ1n) is 9.05. The first-order chi connectivity index (χ1) is 12.1. The van der Waals surface area contributed by atoms with Gasteiger partial charge in [-0.25, -0.2) is 14.4 Å². The molecule has 0 bridgehead atoms. The molecule has 0 aliphatic rings. The molecule has 0 unspecified atom stereocenters. The Labute approximate surface area is 149 Å². The number of unbranched alkanes of at least 4 members (excludes halogenated alkanes) is 6. The van der Waals surface area contributed by atoms with Crippen molar-refractivity contribution in [3.05, 3.63) is 0 Å². The quantitative estimate of drug-likeness (QED) is 0.226. The highest BCUT2D eigenvalue weighted by Gasteiger charge is 2.30. The van der Waals surface area contributed by atoms with Gasteiger partial charge >= 0.3 is 18.3 Å². The molecule has 0 heterocycles. The summed E-state index contributed by atoms with van der Waals surface area (Å²) in [6.45, 7) is 6.01. The molecule has 0 aromatic rings. The maximum Gasteiger partial charge on any atom is 0.534 e. The molecule has 0 spiro atoms. The van der Waals surface area contributed by atoms with E-state index in [-0.39, 0.29) is 24.9 Å². The third-order valence-electron chi connectivity index (χ3n) is 3.21. The van der Waals surface area contributed by atoms with Crippen molar-refractivity contribution in [2.75, 3.05) is 19.8 Å². The van der Waals surface area contributed by atoms with Crippen LogP contribution >= 0.6 is 0 Å². The average molecular weight is 361 g/mol. The summed E-state index contributed by atoms with van der Waals surface area (Å²) < 4.78 is 14.4. The number of nitrogens with zero attached hydrogens (tertiary/aromatic N) is 1. The molecule has 0 aromatic carbocycles. The molecule has 0 saturated carbocycles. The van der Waals surface area contributed by atoms with Gasteiger partial charge in [0, 0.05) is 0 Å². The van der Waals surface area contributed by atoms with Gasteiger partial charge in [-0.1, -0.05) is 52.4 Å². The highest BCUT2D eigenvalue weighted by Crippen LogP contribution is 2.06. The van der Waals surface area contributed by atoms with Gasteiger partial charge in [0.25, 0.3) is 0 Å². The fourth-order valence-electron chi connectivity index (χ4n) is 1.86. The van der Waals surface area contributed by atoms with Crippen LogP contribution < -0.4 is 0 Å². The second-order valence-corrected chi connectivity index (χ2v) is 5.42. The monoisotopic (exact) mass is 361 g/mol. The third-order valence-corrected chi connectivity index (χ3v) is 3.21. The number of rotatable bonds is 11. The second kappa shape index (κ2) is 15.5. The maximum atomic E-state index is 11.9. The molecule has 0 aromatic heterocycles. The summed E-state index contributed by atoms with van der Waals surface area (Å²) in [5.41, 5.74) is 0. The first kappa shape index (κ1) is 23.0. The molecule has 0 aliphatic carbocycles. The van der Waals surface area contributed by atoms with Crippen LogP contribution in [0.25, 0.3) is 0 Å². The summed E-state index contributed by atoms with van der Waals surface area (Å²) in [6.07, 6.45) is 3.99. The van der Waals surface area contributed by atoms with Gasteiger partial charge in [0.1, 0.15) is 0 Å². The van der Waals surface area contributed by atoms with Gasteiger partial charge in [0.2, 0.25) is 0 Å². The van der Waals surface area contributed by atoms with E-state index < -0.39 is 18.3 Å². The molecule has 0 radical (unpaired) electrons. The molecule has 0 N–H and O–H groups in total. The highest BCUT2D eigenvalue weighted by molar-refractivity contribution is 5.87. The van der Waals surface area contributed by atoms with Crippen LogP contribution in [0.3, 0.4) is 0 Å². The van der Waals surface area contributed by atoms with E-state index in [0.29, 0.717) is 12.8 Å². The van der Waals surface area contributed by atoms with Crippen LogP contribution in [0.15, 0.2) is 0 Å². The van der Waals surface area contributed by atoms with Crippen LogP contribution in [0.5, 0.6) is 0 Å². The van der Waals surface area contributed by atoms with E-state index >= 15 is 0 Å². The summed E-state index contributed by atoms with van der Waals surface area (Å²) in [4.78, 5) is 39.9. The van der Waals surface area contributed by atoms with Crippen molar-refractivity contribution in [1.29, 1.82) is 0 Å². The van der Waals surface area contributed by atoms with Crippen molar-refractivity contribution in [2.45, 2.75) is 72.1 Å². The smallest absolute Gasteiger partial charge is 0.447 e. The zero-order valence-corrected chi connectivity index (χ0v) is 15.6. The number of hydroxylamine groups is 2. The van der Waals surface area contributed by atoms with Crippen LogP contribution in [0, 0.1) is 0 Å². The van der Waals surface area contributed by atoms with E-state index in [0.717, 1.165) is 38.5 Å². The summed E-state index contributed by atoms with van der Waals surface area (Å²) in [5.74, 6) is 0. The molecule has 0 aliphatic heterocycles. The van der Waals surface area contributed by atoms with Crippen LogP contribution in [0.1, 0.15) is 72.1 Å². The molecular weight excluding hydrogens is 330 g/mol. The Balaban J connectivity index is 4.34. The van der Waals surface area contributed by atoms with Gasteiger partial charge < -0.3 is 14.2 Å². The van der Waals surface area contributed by atoms with Gasteiger partial charge in [-0.2, -0.15) is 0 Å². The lowest BCUT2D eigenvalue weighted by molar-refractivity contribution is -0.0972. The van der Waals surface area contributed by atoms with Crippen LogP contribution in [-0.4, -0.2) is 43.2 Å². The Bertz CT molecular complexity index is 387. The Morgan fingerprint density at radius 3 is 1.72 bits per heavy atom. The number of carbonyl (C=O) groups excluding carboxylic acids is 3. The fourth-order valence-corrected chi connectivity index (χ4v) is 1.86. The zero-order chi connectivity index (χ0) is 18.9. The number of amides is 2. The molecular formula is C17H31NO7. The Hall–Kier alpha value is -1.99. The number of hydrogen-bond acceptors (Lipinski definition) is 7. The standard InChI is InChI=1S/C17H31NO7/c1-4-7-9-11-13-23-16(20)18(15(19)22-6-3)25-17(21)24-14-12-10-8-5-2/h4-14H2,1-3H3. The average Bonchev–Trinajstić information content (AvgIpc) is 2.59. The topological polar surface area (TPSA) is 91.4 Å². The third kappa shape index (κ3) is 12.1. The van der Waals surface area contributed by atoms with Crippen molar-refractivity contribution >= 4 is 18.3 Å². The Kier molecular flexibility index (Phi) is 14.3. The van der Waals surface area contributed by atoms with Gasteiger partial charge in [0.05, 0.1) is 19.8 Å². The number of carbonyl (C=O) groups is 3. The van der Waals surface area contributed by atoms with Crippen molar-refractivity contribution in [3.63, 3.8) is 0 Å². The van der Waals surface area contributed by atoms with Crippen LogP contribution in [0.4, 0.5) is 14.4 Å². The Morgan fingerprint density at radius 2 is 1.20 bits per heavy atom. The van der Waals surface area contributed by atoms with E-state index in [4.69, 9.17) is 9.47 Å². The summed E-state index contributed by atoms with van der Waals surface area (Å²) in [6, 6.07) is 0. The lowest BCUT2D eigenvalue weighted by atomic mass is 10.2. The number of hydrogen-bond donors (Lipinski definition) is 0. The van der Waals surface area contributed by atoms with Gasteiger partial charge in [-0.15, -0.1) is 0 Å². The minimum Gasteiger partial charge on any atom is -0.447 e. The van der Waals surface area contributed by atoms with Gasteiger partial charge in [-0.05, 0) is 24.8 Å². The lowest BCUT2D eigenvalue weighted by Gasteiger charge is -2.17. The number of ether oxygens (including phenoxy) is 3. The normalized spacial score (nSPS) is 10.0. The van der Waals surface area contributed by atoms with E-state index in [9.17, 15) is 14.4 Å². The summed E-state index contributed by atoms with van der Waals surface area (Å²) in [7, 11) is 0. The maximum absolute atomic E-state index is 11.9. The van der Waals surface area contributed by atoms with Crippen molar-refractivity contribution in [1.82, 2.24) is 5.06 Å². The molecule has 0 saturated heterocycles. The zero-order valence-electron chi connectivity index (χ0n) is 15.6.